The maximum Gasteiger partial charge on any atom is 0.307 e. The average Bonchev–Trinajstić information content (AvgIpc) is 2.37. The van der Waals surface area contributed by atoms with E-state index < -0.39 is 11.9 Å². The molecule has 5 heteroatoms. The smallest absolute Gasteiger partial charge is 0.307 e. The van der Waals surface area contributed by atoms with Crippen molar-refractivity contribution < 1.29 is 19.4 Å². The van der Waals surface area contributed by atoms with Crippen LogP contribution < -0.4 is 0 Å². The summed E-state index contributed by atoms with van der Waals surface area (Å²) in [6.45, 7) is 3.13. The first-order chi connectivity index (χ1) is 9.02. The normalized spacial score (nSPS) is 12.6. The van der Waals surface area contributed by atoms with Gasteiger partial charge in [-0.1, -0.05) is 19.1 Å². The number of aliphatic hydroxyl groups excluding tert-OH is 1. The molecule has 19 heavy (non-hydrogen) atoms. The van der Waals surface area contributed by atoms with Gasteiger partial charge in [0, 0.05) is 19.6 Å². The number of carbonyl (C=O) groups is 1. The van der Waals surface area contributed by atoms with Crippen molar-refractivity contribution in [2.24, 2.45) is 5.92 Å². The number of aliphatic carboxylic acids is 1. The van der Waals surface area contributed by atoms with E-state index in [4.69, 9.17) is 10.2 Å². The summed E-state index contributed by atoms with van der Waals surface area (Å²) < 4.78 is 12.8. The molecule has 1 aromatic carbocycles. The Bertz CT molecular complexity index is 394. The number of benzene rings is 1. The van der Waals surface area contributed by atoms with E-state index in [0.29, 0.717) is 26.1 Å². The third-order valence-corrected chi connectivity index (χ3v) is 3.00. The summed E-state index contributed by atoms with van der Waals surface area (Å²) in [6, 6.07) is 6.25. The van der Waals surface area contributed by atoms with E-state index in [-0.39, 0.29) is 12.4 Å². The number of hydrogen-bond donors (Lipinski definition) is 2. The zero-order valence-corrected chi connectivity index (χ0v) is 11.1. The lowest BCUT2D eigenvalue weighted by atomic mass is 10.1. The van der Waals surface area contributed by atoms with Crippen molar-refractivity contribution >= 4 is 5.97 Å². The Labute approximate surface area is 112 Å². The van der Waals surface area contributed by atoms with Gasteiger partial charge in [-0.15, -0.1) is 0 Å². The molecular weight excluding hydrogens is 249 g/mol. The summed E-state index contributed by atoms with van der Waals surface area (Å²) in [7, 11) is 0. The van der Waals surface area contributed by atoms with E-state index >= 15 is 0 Å². The molecule has 0 aliphatic heterocycles. The molecule has 0 spiro atoms. The predicted octanol–water partition coefficient (Wildman–Crippen LogP) is 1.38. The van der Waals surface area contributed by atoms with Crippen LogP contribution in [0.25, 0.3) is 0 Å². The zero-order chi connectivity index (χ0) is 14.3. The van der Waals surface area contributed by atoms with Crippen molar-refractivity contribution in [1.29, 1.82) is 0 Å². The van der Waals surface area contributed by atoms with Gasteiger partial charge in [-0.3, -0.25) is 9.69 Å². The highest BCUT2D eigenvalue weighted by atomic mass is 19.1. The minimum Gasteiger partial charge on any atom is -0.481 e. The molecule has 0 bridgehead atoms. The molecule has 106 valence electrons. The molecule has 0 saturated carbocycles. The number of carboxylic acids is 1. The van der Waals surface area contributed by atoms with Gasteiger partial charge in [-0.25, -0.2) is 4.39 Å². The molecule has 0 amide bonds. The van der Waals surface area contributed by atoms with Gasteiger partial charge >= 0.3 is 5.97 Å². The summed E-state index contributed by atoms with van der Waals surface area (Å²) >= 11 is 0. The van der Waals surface area contributed by atoms with Crippen molar-refractivity contribution in [2.45, 2.75) is 13.3 Å². The Hall–Kier alpha value is -1.46. The molecular formula is C14H20FNO3. The molecule has 0 aromatic heterocycles. The van der Waals surface area contributed by atoms with E-state index in [0.717, 1.165) is 5.56 Å². The quantitative estimate of drug-likeness (QED) is 0.748. The number of hydrogen-bond acceptors (Lipinski definition) is 3. The van der Waals surface area contributed by atoms with Gasteiger partial charge in [-0.05, 0) is 24.1 Å². The first kappa shape index (κ1) is 15.6. The van der Waals surface area contributed by atoms with Crippen LogP contribution in [-0.2, 0) is 11.2 Å². The van der Waals surface area contributed by atoms with Gasteiger partial charge in [0.1, 0.15) is 5.82 Å². The second-order valence-electron chi connectivity index (χ2n) is 4.64. The lowest BCUT2D eigenvalue weighted by Gasteiger charge is -2.23. The highest BCUT2D eigenvalue weighted by molar-refractivity contribution is 5.69. The monoisotopic (exact) mass is 269 g/mol. The second-order valence-corrected chi connectivity index (χ2v) is 4.64. The number of halogens is 1. The van der Waals surface area contributed by atoms with Gasteiger partial charge in [0.25, 0.3) is 0 Å². The maximum atomic E-state index is 12.8. The van der Waals surface area contributed by atoms with Crippen LogP contribution in [0.15, 0.2) is 24.3 Å². The first-order valence-electron chi connectivity index (χ1n) is 6.33. The lowest BCUT2D eigenvalue weighted by molar-refractivity contribution is -0.141. The van der Waals surface area contributed by atoms with Crippen molar-refractivity contribution in [1.82, 2.24) is 4.90 Å². The third-order valence-electron chi connectivity index (χ3n) is 3.00. The predicted molar refractivity (Wildman–Crippen MR) is 70.4 cm³/mol. The standard InChI is InChI=1S/C14H20FNO3/c1-11(14(18)19)10-16(8-9-17)7-6-12-2-4-13(15)5-3-12/h2-5,11,17H,6-10H2,1H3,(H,18,19). The van der Waals surface area contributed by atoms with E-state index in [1.807, 2.05) is 4.90 Å². The molecule has 0 aliphatic carbocycles. The van der Waals surface area contributed by atoms with Gasteiger partial charge < -0.3 is 10.2 Å². The summed E-state index contributed by atoms with van der Waals surface area (Å²) in [6.07, 6.45) is 0.701. The minimum absolute atomic E-state index is 0.00421. The Balaban J connectivity index is 2.49. The Kier molecular flexibility index (Phi) is 6.45. The Morgan fingerprint density at radius 3 is 2.47 bits per heavy atom. The summed E-state index contributed by atoms with van der Waals surface area (Å²) in [5.41, 5.74) is 0.993. The van der Waals surface area contributed by atoms with Gasteiger partial charge in [0.15, 0.2) is 0 Å². The fourth-order valence-electron chi connectivity index (χ4n) is 1.84. The van der Waals surface area contributed by atoms with E-state index in [1.165, 1.54) is 12.1 Å². The topological polar surface area (TPSA) is 60.8 Å². The van der Waals surface area contributed by atoms with Crippen LogP contribution in [0.3, 0.4) is 0 Å². The second kappa shape index (κ2) is 7.86. The van der Waals surface area contributed by atoms with Crippen LogP contribution in [0.4, 0.5) is 4.39 Å². The van der Waals surface area contributed by atoms with Crippen molar-refractivity contribution in [3.8, 4) is 0 Å². The molecule has 1 unspecified atom stereocenters. The van der Waals surface area contributed by atoms with Crippen LogP contribution in [0.5, 0.6) is 0 Å². The van der Waals surface area contributed by atoms with E-state index in [9.17, 15) is 9.18 Å². The summed E-state index contributed by atoms with van der Waals surface area (Å²) in [4.78, 5) is 12.7. The fourth-order valence-corrected chi connectivity index (χ4v) is 1.84. The average molecular weight is 269 g/mol. The first-order valence-corrected chi connectivity index (χ1v) is 6.33. The summed E-state index contributed by atoms with van der Waals surface area (Å²) in [5.74, 6) is -1.58. The largest absolute Gasteiger partial charge is 0.481 e. The molecule has 1 aromatic rings. The SMILES string of the molecule is CC(CN(CCO)CCc1ccc(F)cc1)C(=O)O. The molecule has 2 N–H and O–H groups in total. The van der Waals surface area contributed by atoms with Crippen molar-refractivity contribution in [3.63, 3.8) is 0 Å². The number of carboxylic acid groups (broad SMARTS) is 1. The lowest BCUT2D eigenvalue weighted by Crippen LogP contribution is -2.35. The highest BCUT2D eigenvalue weighted by Gasteiger charge is 2.15. The van der Waals surface area contributed by atoms with Crippen LogP contribution >= 0.6 is 0 Å². The van der Waals surface area contributed by atoms with E-state index in [2.05, 4.69) is 0 Å². The Morgan fingerprint density at radius 2 is 1.95 bits per heavy atom. The molecule has 0 saturated heterocycles. The third kappa shape index (κ3) is 5.81. The summed E-state index contributed by atoms with van der Waals surface area (Å²) in [5, 5.41) is 17.9. The van der Waals surface area contributed by atoms with Gasteiger partial charge in [0.05, 0.1) is 12.5 Å². The van der Waals surface area contributed by atoms with Crippen LogP contribution in [0, 0.1) is 11.7 Å². The van der Waals surface area contributed by atoms with Crippen LogP contribution in [0.2, 0.25) is 0 Å². The van der Waals surface area contributed by atoms with Crippen molar-refractivity contribution in [3.05, 3.63) is 35.6 Å². The highest BCUT2D eigenvalue weighted by Crippen LogP contribution is 2.06. The Morgan fingerprint density at radius 1 is 1.32 bits per heavy atom. The molecule has 0 radical (unpaired) electrons. The fraction of sp³-hybridized carbons (Fsp3) is 0.500. The van der Waals surface area contributed by atoms with Crippen LogP contribution in [0.1, 0.15) is 12.5 Å². The number of aliphatic hydroxyl groups is 1. The number of nitrogens with zero attached hydrogens (tertiary/aromatic N) is 1. The minimum atomic E-state index is -0.843. The number of rotatable bonds is 8. The molecule has 1 atom stereocenters. The molecule has 1 rings (SSSR count). The maximum absolute atomic E-state index is 12.8. The molecule has 0 aliphatic rings. The molecule has 0 fully saturated rings. The van der Waals surface area contributed by atoms with Gasteiger partial charge in [-0.2, -0.15) is 0 Å². The molecule has 4 nitrogen and oxygen atoms in total. The zero-order valence-electron chi connectivity index (χ0n) is 11.1. The van der Waals surface area contributed by atoms with E-state index in [1.54, 1.807) is 19.1 Å². The van der Waals surface area contributed by atoms with Crippen LogP contribution in [-0.4, -0.2) is 47.3 Å². The molecule has 0 heterocycles. The van der Waals surface area contributed by atoms with Gasteiger partial charge in [0.2, 0.25) is 0 Å². The van der Waals surface area contributed by atoms with Crippen molar-refractivity contribution in [2.75, 3.05) is 26.2 Å².